The number of aromatic carboxylic acids is 1. The topological polar surface area (TPSA) is 99.2 Å². The van der Waals surface area contributed by atoms with Crippen molar-refractivity contribution in [2.75, 3.05) is 6.61 Å². The number of hydrogen-bond acceptors (Lipinski definition) is 6. The molecule has 0 saturated carbocycles. The first-order valence-corrected chi connectivity index (χ1v) is 8.77. The normalized spacial score (nSPS) is 16.9. The maximum atomic E-state index is 12.0. The van der Waals surface area contributed by atoms with Gasteiger partial charge in [0.05, 0.1) is 29.4 Å². The summed E-state index contributed by atoms with van der Waals surface area (Å²) in [7, 11) is 0. The Hall–Kier alpha value is -2.23. The second-order valence-corrected chi connectivity index (χ2v) is 7.16. The SMILES string of the molecule is O=C(O)c1cc2c(nc(Cn3ncc(Cl)cc3=O)n2C[C@@H]2CCO2)s1. The Kier molecular flexibility index (Phi) is 4.06. The van der Waals surface area contributed by atoms with Crippen LogP contribution >= 0.6 is 22.9 Å². The van der Waals surface area contributed by atoms with Gasteiger partial charge in [0.1, 0.15) is 22.1 Å². The molecule has 0 aliphatic carbocycles. The molecule has 0 unspecified atom stereocenters. The van der Waals surface area contributed by atoms with Crippen LogP contribution < -0.4 is 5.56 Å². The van der Waals surface area contributed by atoms with Gasteiger partial charge in [-0.1, -0.05) is 11.6 Å². The van der Waals surface area contributed by atoms with E-state index in [1.54, 1.807) is 6.07 Å². The molecule has 25 heavy (non-hydrogen) atoms. The first-order chi connectivity index (χ1) is 12.0. The molecule has 1 N–H and O–H groups in total. The molecule has 3 aromatic rings. The molecule has 130 valence electrons. The first kappa shape index (κ1) is 16.2. The van der Waals surface area contributed by atoms with Gasteiger partial charge in [-0.25, -0.2) is 14.5 Å². The van der Waals surface area contributed by atoms with Crippen LogP contribution in [0.15, 0.2) is 23.1 Å². The molecule has 8 nitrogen and oxygen atoms in total. The summed E-state index contributed by atoms with van der Waals surface area (Å²) >= 11 is 6.88. The Morgan fingerprint density at radius 1 is 1.48 bits per heavy atom. The lowest BCUT2D eigenvalue weighted by Gasteiger charge is -2.27. The van der Waals surface area contributed by atoms with E-state index in [1.807, 2.05) is 4.57 Å². The highest BCUT2D eigenvalue weighted by Gasteiger charge is 2.24. The Labute approximate surface area is 150 Å². The summed E-state index contributed by atoms with van der Waals surface area (Å²) in [5.41, 5.74) is 0.409. The van der Waals surface area contributed by atoms with E-state index < -0.39 is 5.97 Å². The molecule has 1 aliphatic rings. The zero-order valence-corrected chi connectivity index (χ0v) is 14.5. The molecule has 4 rings (SSSR count). The van der Waals surface area contributed by atoms with Gasteiger partial charge in [-0.15, -0.1) is 11.3 Å². The van der Waals surface area contributed by atoms with Gasteiger partial charge < -0.3 is 14.4 Å². The van der Waals surface area contributed by atoms with Crippen molar-refractivity contribution >= 4 is 39.3 Å². The summed E-state index contributed by atoms with van der Waals surface area (Å²) < 4.78 is 8.67. The molecule has 0 aromatic carbocycles. The van der Waals surface area contributed by atoms with E-state index in [0.717, 1.165) is 29.9 Å². The lowest BCUT2D eigenvalue weighted by molar-refractivity contribution is -0.0590. The third-order valence-corrected chi connectivity index (χ3v) is 5.26. The summed E-state index contributed by atoms with van der Waals surface area (Å²) in [6, 6.07) is 2.90. The molecule has 10 heteroatoms. The molecule has 0 amide bonds. The van der Waals surface area contributed by atoms with Crippen molar-refractivity contribution < 1.29 is 14.6 Å². The molecule has 4 heterocycles. The fourth-order valence-corrected chi connectivity index (χ4v) is 3.72. The van der Waals surface area contributed by atoms with E-state index in [1.165, 1.54) is 16.9 Å². The summed E-state index contributed by atoms with van der Waals surface area (Å²) in [6.45, 7) is 1.45. The van der Waals surface area contributed by atoms with Crippen molar-refractivity contribution in [3.63, 3.8) is 0 Å². The lowest BCUT2D eigenvalue weighted by Crippen LogP contribution is -2.32. The molecule has 1 atom stereocenters. The fraction of sp³-hybridized carbons (Fsp3) is 0.333. The molecular formula is C15H13ClN4O4S. The minimum absolute atomic E-state index is 0.0687. The zero-order chi connectivity index (χ0) is 17.6. The quantitative estimate of drug-likeness (QED) is 0.725. The van der Waals surface area contributed by atoms with Gasteiger partial charge >= 0.3 is 5.97 Å². The van der Waals surface area contributed by atoms with Crippen molar-refractivity contribution in [1.82, 2.24) is 19.3 Å². The number of halogens is 1. The van der Waals surface area contributed by atoms with Crippen molar-refractivity contribution in [3.05, 3.63) is 44.4 Å². The predicted octanol–water partition coefficient (Wildman–Crippen LogP) is 1.84. The Balaban J connectivity index is 1.75. The van der Waals surface area contributed by atoms with Crippen LogP contribution in [-0.2, 0) is 17.8 Å². The minimum Gasteiger partial charge on any atom is -0.477 e. The average molecular weight is 381 g/mol. The molecule has 1 fully saturated rings. The summed E-state index contributed by atoms with van der Waals surface area (Å²) in [5, 5.41) is 13.5. The number of carboxylic acids is 1. The third-order valence-electron chi connectivity index (χ3n) is 4.04. The maximum absolute atomic E-state index is 12.0. The van der Waals surface area contributed by atoms with Gasteiger partial charge in [-0.2, -0.15) is 5.10 Å². The van der Waals surface area contributed by atoms with E-state index >= 15 is 0 Å². The number of thiophene rings is 1. The van der Waals surface area contributed by atoms with E-state index in [2.05, 4.69) is 10.1 Å². The van der Waals surface area contributed by atoms with Crippen molar-refractivity contribution in [3.8, 4) is 0 Å². The highest BCUT2D eigenvalue weighted by atomic mass is 35.5. The highest BCUT2D eigenvalue weighted by Crippen LogP contribution is 2.28. The van der Waals surface area contributed by atoms with Crippen LogP contribution in [0.2, 0.25) is 5.02 Å². The standard InChI is InChI=1S/C15H13ClN4O4S/c16-8-3-13(21)20(17-5-8)7-12-18-14-10(4-11(25-14)15(22)23)19(12)6-9-1-2-24-9/h3-5,9H,1-2,6-7H2,(H,22,23)/t9-/m0/s1. The van der Waals surface area contributed by atoms with Gasteiger partial charge in [0.25, 0.3) is 5.56 Å². The highest BCUT2D eigenvalue weighted by molar-refractivity contribution is 7.20. The van der Waals surface area contributed by atoms with Crippen LogP contribution in [0, 0.1) is 0 Å². The number of aromatic nitrogens is 4. The van der Waals surface area contributed by atoms with Crippen LogP contribution in [0.4, 0.5) is 0 Å². The van der Waals surface area contributed by atoms with Crippen molar-refractivity contribution in [2.45, 2.75) is 25.6 Å². The number of nitrogens with zero attached hydrogens (tertiary/aromatic N) is 4. The smallest absolute Gasteiger partial charge is 0.346 e. The molecule has 0 bridgehead atoms. The van der Waals surface area contributed by atoms with Crippen LogP contribution in [0.25, 0.3) is 10.3 Å². The van der Waals surface area contributed by atoms with Gasteiger partial charge in [0.2, 0.25) is 0 Å². The monoisotopic (exact) mass is 380 g/mol. The predicted molar refractivity (Wildman–Crippen MR) is 91.5 cm³/mol. The van der Waals surface area contributed by atoms with Crippen LogP contribution in [0.3, 0.4) is 0 Å². The van der Waals surface area contributed by atoms with E-state index in [9.17, 15) is 14.7 Å². The summed E-state index contributed by atoms with van der Waals surface area (Å²) in [4.78, 5) is 28.6. The van der Waals surface area contributed by atoms with Gasteiger partial charge in [-0.3, -0.25) is 4.79 Å². The number of ether oxygens (including phenoxy) is 1. The molecular weight excluding hydrogens is 368 g/mol. The second-order valence-electron chi connectivity index (χ2n) is 5.70. The van der Waals surface area contributed by atoms with Gasteiger partial charge in [-0.05, 0) is 12.5 Å². The van der Waals surface area contributed by atoms with Crippen LogP contribution in [-0.4, -0.2) is 43.1 Å². The van der Waals surface area contributed by atoms with E-state index in [4.69, 9.17) is 16.3 Å². The van der Waals surface area contributed by atoms with Crippen LogP contribution in [0.1, 0.15) is 21.9 Å². The second kappa shape index (κ2) is 6.25. The molecule has 1 saturated heterocycles. The largest absolute Gasteiger partial charge is 0.477 e. The van der Waals surface area contributed by atoms with Crippen LogP contribution in [0.5, 0.6) is 0 Å². The molecule has 1 aliphatic heterocycles. The molecule has 0 spiro atoms. The number of rotatable bonds is 5. The van der Waals surface area contributed by atoms with Crippen molar-refractivity contribution in [2.24, 2.45) is 0 Å². The maximum Gasteiger partial charge on any atom is 0.346 e. The van der Waals surface area contributed by atoms with Gasteiger partial charge in [0, 0.05) is 12.7 Å². The number of imidazole rings is 1. The Bertz CT molecular complexity index is 1020. The third kappa shape index (κ3) is 3.06. The minimum atomic E-state index is -0.980. The Morgan fingerprint density at radius 2 is 2.28 bits per heavy atom. The number of hydrogen-bond donors (Lipinski definition) is 1. The lowest BCUT2D eigenvalue weighted by atomic mass is 10.2. The molecule has 3 aromatic heterocycles. The summed E-state index contributed by atoms with van der Waals surface area (Å²) in [5.74, 6) is -0.350. The average Bonchev–Trinajstić information content (AvgIpc) is 3.04. The Morgan fingerprint density at radius 3 is 2.92 bits per heavy atom. The fourth-order valence-electron chi connectivity index (χ4n) is 2.69. The number of carboxylic acid groups (broad SMARTS) is 1. The van der Waals surface area contributed by atoms with E-state index in [-0.39, 0.29) is 28.1 Å². The first-order valence-electron chi connectivity index (χ1n) is 7.58. The zero-order valence-electron chi connectivity index (χ0n) is 12.9. The summed E-state index contributed by atoms with van der Waals surface area (Å²) in [6.07, 6.45) is 2.41. The van der Waals surface area contributed by atoms with Gasteiger partial charge in [0.15, 0.2) is 0 Å². The number of carbonyl (C=O) groups is 1. The number of fused-ring (bicyclic) bond motifs is 1. The van der Waals surface area contributed by atoms with E-state index in [0.29, 0.717) is 17.2 Å². The van der Waals surface area contributed by atoms with Crippen molar-refractivity contribution in [1.29, 1.82) is 0 Å². The molecule has 0 radical (unpaired) electrons.